The lowest BCUT2D eigenvalue weighted by atomic mass is 10.1. The summed E-state index contributed by atoms with van der Waals surface area (Å²) < 4.78 is 6.98. The smallest absolute Gasteiger partial charge is 0.413 e. The summed E-state index contributed by atoms with van der Waals surface area (Å²) in [6.07, 6.45) is 3.83. The molecule has 0 spiro atoms. The normalized spacial score (nSPS) is 10.4. The van der Waals surface area contributed by atoms with Crippen molar-refractivity contribution < 1.29 is 14.3 Å². The van der Waals surface area contributed by atoms with Gasteiger partial charge in [0.1, 0.15) is 0 Å². The van der Waals surface area contributed by atoms with E-state index in [1.807, 2.05) is 53.4 Å². The standard InChI is InChI=1S/C22H23N3O3/c1-3-28-22(27)24(2)19-12-8-18(9-13-19)23-21(26)16-17-6-10-20(11-7-17)25-14-4-5-15-25/h4-15H,3,16H2,1-2H3,(H,23,26). The van der Waals surface area contributed by atoms with Crippen LogP contribution < -0.4 is 10.2 Å². The van der Waals surface area contributed by atoms with Crippen molar-refractivity contribution in [1.82, 2.24) is 4.57 Å². The van der Waals surface area contributed by atoms with E-state index in [0.717, 1.165) is 11.3 Å². The second-order valence-corrected chi connectivity index (χ2v) is 6.29. The number of amides is 2. The van der Waals surface area contributed by atoms with Crippen LogP contribution in [0, 0.1) is 0 Å². The third-order valence-corrected chi connectivity index (χ3v) is 4.28. The zero-order valence-corrected chi connectivity index (χ0v) is 16.0. The van der Waals surface area contributed by atoms with Gasteiger partial charge in [0.25, 0.3) is 0 Å². The number of hydrogen-bond donors (Lipinski definition) is 1. The maximum atomic E-state index is 12.3. The molecule has 6 nitrogen and oxygen atoms in total. The van der Waals surface area contributed by atoms with E-state index >= 15 is 0 Å². The van der Waals surface area contributed by atoms with Crippen molar-refractivity contribution in [1.29, 1.82) is 0 Å². The maximum Gasteiger partial charge on any atom is 0.413 e. The van der Waals surface area contributed by atoms with Gasteiger partial charge in [-0.15, -0.1) is 0 Å². The van der Waals surface area contributed by atoms with E-state index in [4.69, 9.17) is 4.74 Å². The van der Waals surface area contributed by atoms with Crippen LogP contribution in [0.5, 0.6) is 0 Å². The molecular weight excluding hydrogens is 354 g/mol. The molecule has 0 aliphatic carbocycles. The first kappa shape index (κ1) is 19.2. The number of carbonyl (C=O) groups excluding carboxylic acids is 2. The predicted molar refractivity (Wildman–Crippen MR) is 110 cm³/mol. The van der Waals surface area contributed by atoms with Crippen molar-refractivity contribution >= 4 is 23.4 Å². The van der Waals surface area contributed by atoms with Crippen molar-refractivity contribution in [2.24, 2.45) is 0 Å². The highest BCUT2D eigenvalue weighted by atomic mass is 16.6. The van der Waals surface area contributed by atoms with Crippen LogP contribution in [0.25, 0.3) is 5.69 Å². The van der Waals surface area contributed by atoms with E-state index in [2.05, 4.69) is 5.32 Å². The molecule has 0 saturated carbocycles. The van der Waals surface area contributed by atoms with Crippen molar-refractivity contribution in [3.8, 4) is 5.69 Å². The van der Waals surface area contributed by atoms with Crippen LogP contribution in [0.3, 0.4) is 0 Å². The number of nitrogens with zero attached hydrogens (tertiary/aromatic N) is 2. The molecule has 0 radical (unpaired) electrons. The van der Waals surface area contributed by atoms with E-state index in [0.29, 0.717) is 18.0 Å². The quantitative estimate of drug-likeness (QED) is 0.698. The summed E-state index contributed by atoms with van der Waals surface area (Å²) in [6.45, 7) is 2.09. The van der Waals surface area contributed by atoms with E-state index in [1.165, 1.54) is 4.90 Å². The average Bonchev–Trinajstić information content (AvgIpc) is 3.23. The molecule has 1 N–H and O–H groups in total. The minimum Gasteiger partial charge on any atom is -0.449 e. The summed E-state index contributed by atoms with van der Waals surface area (Å²) in [6, 6.07) is 18.9. The van der Waals surface area contributed by atoms with Gasteiger partial charge in [0.15, 0.2) is 0 Å². The van der Waals surface area contributed by atoms with Gasteiger partial charge in [-0.2, -0.15) is 0 Å². The molecule has 1 heterocycles. The van der Waals surface area contributed by atoms with Gasteiger partial charge in [-0.1, -0.05) is 12.1 Å². The Morgan fingerprint density at radius 3 is 2.25 bits per heavy atom. The van der Waals surface area contributed by atoms with Crippen molar-refractivity contribution in [3.63, 3.8) is 0 Å². The Balaban J connectivity index is 1.56. The zero-order chi connectivity index (χ0) is 19.9. The van der Waals surface area contributed by atoms with Gasteiger partial charge in [0.05, 0.1) is 13.0 Å². The third-order valence-electron chi connectivity index (χ3n) is 4.28. The summed E-state index contributed by atoms with van der Waals surface area (Å²) in [5.74, 6) is -0.0970. The number of nitrogens with one attached hydrogen (secondary N) is 1. The largest absolute Gasteiger partial charge is 0.449 e. The van der Waals surface area contributed by atoms with Gasteiger partial charge < -0.3 is 14.6 Å². The lowest BCUT2D eigenvalue weighted by Crippen LogP contribution is -2.26. The minimum absolute atomic E-state index is 0.0970. The van der Waals surface area contributed by atoms with Crippen molar-refractivity contribution in [3.05, 3.63) is 78.6 Å². The van der Waals surface area contributed by atoms with Gasteiger partial charge in [0, 0.05) is 36.5 Å². The van der Waals surface area contributed by atoms with Gasteiger partial charge in [-0.05, 0) is 61.0 Å². The Kier molecular flexibility index (Phi) is 6.11. The molecule has 1 aromatic heterocycles. The van der Waals surface area contributed by atoms with Crippen LogP contribution >= 0.6 is 0 Å². The topological polar surface area (TPSA) is 63.6 Å². The Bertz CT molecular complexity index is 917. The van der Waals surface area contributed by atoms with E-state index in [1.54, 1.807) is 38.2 Å². The van der Waals surface area contributed by atoms with Crippen LogP contribution in [0.15, 0.2) is 73.1 Å². The summed E-state index contributed by atoms with van der Waals surface area (Å²) in [5, 5.41) is 2.87. The first-order valence-corrected chi connectivity index (χ1v) is 9.09. The fourth-order valence-corrected chi connectivity index (χ4v) is 2.78. The third kappa shape index (κ3) is 4.79. The molecule has 0 atom stereocenters. The number of benzene rings is 2. The number of carbonyl (C=O) groups is 2. The molecule has 2 amide bonds. The molecule has 144 valence electrons. The van der Waals surface area contributed by atoms with Gasteiger partial charge >= 0.3 is 6.09 Å². The molecule has 0 saturated heterocycles. The van der Waals surface area contributed by atoms with Gasteiger partial charge in [-0.3, -0.25) is 9.69 Å². The molecule has 3 rings (SSSR count). The number of rotatable bonds is 6. The minimum atomic E-state index is -0.414. The van der Waals surface area contributed by atoms with Crippen molar-refractivity contribution in [2.75, 3.05) is 23.9 Å². The van der Waals surface area contributed by atoms with Crippen LogP contribution in [-0.4, -0.2) is 30.2 Å². The molecule has 0 aliphatic heterocycles. The number of ether oxygens (including phenoxy) is 1. The first-order valence-electron chi connectivity index (χ1n) is 9.09. The summed E-state index contributed by atoms with van der Waals surface area (Å²) in [5.41, 5.74) is 3.36. The maximum absolute atomic E-state index is 12.3. The highest BCUT2D eigenvalue weighted by Gasteiger charge is 2.11. The molecule has 3 aromatic rings. The molecule has 0 unspecified atom stereocenters. The van der Waals surface area contributed by atoms with Gasteiger partial charge in [0.2, 0.25) is 5.91 Å². The number of anilines is 2. The monoisotopic (exact) mass is 377 g/mol. The summed E-state index contributed by atoms with van der Waals surface area (Å²) in [4.78, 5) is 25.5. The molecular formula is C22H23N3O3. The first-order chi connectivity index (χ1) is 13.6. The van der Waals surface area contributed by atoms with E-state index in [-0.39, 0.29) is 12.3 Å². The average molecular weight is 377 g/mol. The molecule has 28 heavy (non-hydrogen) atoms. The SMILES string of the molecule is CCOC(=O)N(C)c1ccc(NC(=O)Cc2ccc(-n3cccc3)cc2)cc1. The summed E-state index contributed by atoms with van der Waals surface area (Å²) >= 11 is 0. The second kappa shape index (κ2) is 8.90. The Morgan fingerprint density at radius 1 is 1.00 bits per heavy atom. The summed E-state index contributed by atoms with van der Waals surface area (Å²) in [7, 11) is 1.64. The molecule has 6 heteroatoms. The highest BCUT2D eigenvalue weighted by molar-refractivity contribution is 5.93. The predicted octanol–water partition coefficient (Wildman–Crippen LogP) is 4.25. The van der Waals surface area contributed by atoms with E-state index in [9.17, 15) is 9.59 Å². The highest BCUT2D eigenvalue weighted by Crippen LogP contribution is 2.18. The fourth-order valence-electron chi connectivity index (χ4n) is 2.78. The lowest BCUT2D eigenvalue weighted by Gasteiger charge is -2.17. The van der Waals surface area contributed by atoms with Crippen LogP contribution in [-0.2, 0) is 16.0 Å². The van der Waals surface area contributed by atoms with Crippen LogP contribution in [0.1, 0.15) is 12.5 Å². The molecule has 0 aliphatic rings. The van der Waals surface area contributed by atoms with Crippen molar-refractivity contribution in [2.45, 2.75) is 13.3 Å². The number of hydrogen-bond acceptors (Lipinski definition) is 3. The lowest BCUT2D eigenvalue weighted by molar-refractivity contribution is -0.115. The van der Waals surface area contributed by atoms with Crippen LogP contribution in [0.2, 0.25) is 0 Å². The van der Waals surface area contributed by atoms with Gasteiger partial charge in [-0.25, -0.2) is 4.79 Å². The van der Waals surface area contributed by atoms with E-state index < -0.39 is 6.09 Å². The zero-order valence-electron chi connectivity index (χ0n) is 16.0. The second-order valence-electron chi connectivity index (χ2n) is 6.29. The Labute approximate surface area is 164 Å². The Morgan fingerprint density at radius 2 is 1.64 bits per heavy atom. The molecule has 2 aromatic carbocycles. The van der Waals surface area contributed by atoms with Crippen LogP contribution in [0.4, 0.5) is 16.2 Å². The molecule has 0 bridgehead atoms. The fraction of sp³-hybridized carbons (Fsp3) is 0.182. The molecule has 0 fully saturated rings. The Hall–Kier alpha value is -3.54. The number of aromatic nitrogens is 1.